The molecule has 0 saturated heterocycles. The van der Waals surface area contributed by atoms with Gasteiger partial charge in [-0.05, 0) is 31.2 Å². The van der Waals surface area contributed by atoms with Gasteiger partial charge in [0.1, 0.15) is 12.1 Å². The van der Waals surface area contributed by atoms with Crippen molar-refractivity contribution in [1.82, 2.24) is 9.97 Å². The van der Waals surface area contributed by atoms with E-state index < -0.39 is 4.92 Å². The predicted octanol–water partition coefficient (Wildman–Crippen LogP) is 4.30. The molecule has 0 spiro atoms. The molecule has 0 aliphatic heterocycles. The highest BCUT2D eigenvalue weighted by Gasteiger charge is 2.26. The Morgan fingerprint density at radius 3 is 2.52 bits per heavy atom. The van der Waals surface area contributed by atoms with Crippen molar-refractivity contribution in [3.05, 3.63) is 71.0 Å². The molecule has 0 amide bonds. The smallest absolute Gasteiger partial charge is 0.354 e. The molecule has 0 saturated carbocycles. The zero-order chi connectivity index (χ0) is 19.2. The van der Waals surface area contributed by atoms with Crippen molar-refractivity contribution < 1.29 is 9.66 Å². The fraction of sp³-hybridized carbons (Fsp3) is 0.158. The lowest BCUT2D eigenvalue weighted by molar-refractivity contribution is -0.383. The van der Waals surface area contributed by atoms with E-state index in [2.05, 4.69) is 15.3 Å². The summed E-state index contributed by atoms with van der Waals surface area (Å²) < 4.78 is 5.57. The largest absolute Gasteiger partial charge is 0.492 e. The number of aromatic nitrogens is 2. The average molecular weight is 365 g/mol. The number of hydrogen-bond acceptors (Lipinski definition) is 7. The molecular weight excluding hydrogens is 346 g/mol. The van der Waals surface area contributed by atoms with E-state index in [0.29, 0.717) is 18.0 Å². The molecule has 0 aliphatic carbocycles. The van der Waals surface area contributed by atoms with E-state index in [-0.39, 0.29) is 17.3 Å². The van der Waals surface area contributed by atoms with E-state index in [9.17, 15) is 10.1 Å². The van der Waals surface area contributed by atoms with E-state index in [1.807, 2.05) is 49.4 Å². The summed E-state index contributed by atoms with van der Waals surface area (Å²) in [6.07, 6.45) is 1.30. The highest BCUT2D eigenvalue weighted by molar-refractivity contribution is 5.79. The van der Waals surface area contributed by atoms with Gasteiger partial charge in [0, 0.05) is 12.7 Å². The predicted molar refractivity (Wildman–Crippen MR) is 104 cm³/mol. The number of anilines is 4. The molecule has 3 aromatic rings. The summed E-state index contributed by atoms with van der Waals surface area (Å²) in [5.41, 5.74) is 1.16. The van der Waals surface area contributed by atoms with Crippen molar-refractivity contribution in [2.75, 3.05) is 23.9 Å². The molecule has 0 unspecified atom stereocenters. The first-order valence-electron chi connectivity index (χ1n) is 8.38. The van der Waals surface area contributed by atoms with E-state index >= 15 is 0 Å². The lowest BCUT2D eigenvalue weighted by Crippen LogP contribution is -2.15. The van der Waals surface area contributed by atoms with Crippen molar-refractivity contribution in [3.8, 4) is 5.75 Å². The molecule has 3 rings (SSSR count). The number of para-hydroxylation sites is 3. The highest BCUT2D eigenvalue weighted by Crippen LogP contribution is 2.37. The van der Waals surface area contributed by atoms with Gasteiger partial charge in [0.05, 0.1) is 17.2 Å². The lowest BCUT2D eigenvalue weighted by Gasteiger charge is -2.19. The van der Waals surface area contributed by atoms with Gasteiger partial charge < -0.3 is 15.0 Å². The van der Waals surface area contributed by atoms with Crippen LogP contribution in [0.3, 0.4) is 0 Å². The highest BCUT2D eigenvalue weighted by atomic mass is 16.6. The molecule has 8 heteroatoms. The normalized spacial score (nSPS) is 10.3. The van der Waals surface area contributed by atoms with Gasteiger partial charge >= 0.3 is 5.69 Å². The van der Waals surface area contributed by atoms with E-state index in [1.165, 1.54) is 6.33 Å². The first-order valence-corrected chi connectivity index (χ1v) is 8.38. The second-order valence-electron chi connectivity index (χ2n) is 5.60. The third-order valence-corrected chi connectivity index (χ3v) is 3.89. The Kier molecular flexibility index (Phi) is 5.46. The quantitative estimate of drug-likeness (QED) is 0.493. The molecule has 1 N–H and O–H groups in total. The van der Waals surface area contributed by atoms with Gasteiger partial charge in [-0.25, -0.2) is 9.97 Å². The van der Waals surface area contributed by atoms with Crippen molar-refractivity contribution in [3.63, 3.8) is 0 Å². The van der Waals surface area contributed by atoms with Gasteiger partial charge in [0.25, 0.3) is 0 Å². The molecule has 8 nitrogen and oxygen atoms in total. The van der Waals surface area contributed by atoms with Crippen LogP contribution in [0.15, 0.2) is 60.9 Å². The van der Waals surface area contributed by atoms with Crippen LogP contribution < -0.4 is 15.0 Å². The fourth-order valence-corrected chi connectivity index (χ4v) is 2.63. The topological polar surface area (TPSA) is 93.4 Å². The minimum Gasteiger partial charge on any atom is -0.492 e. The molecule has 0 radical (unpaired) electrons. The molecule has 0 atom stereocenters. The summed E-state index contributed by atoms with van der Waals surface area (Å²) >= 11 is 0. The van der Waals surface area contributed by atoms with Crippen molar-refractivity contribution in [1.29, 1.82) is 0 Å². The Balaban J connectivity index is 2.04. The van der Waals surface area contributed by atoms with E-state index in [4.69, 9.17) is 4.74 Å². The third kappa shape index (κ3) is 3.95. The molecule has 0 aliphatic rings. The number of nitrogens with zero attached hydrogens (tertiary/aromatic N) is 4. The minimum atomic E-state index is -0.486. The van der Waals surface area contributed by atoms with Crippen molar-refractivity contribution in [2.24, 2.45) is 0 Å². The van der Waals surface area contributed by atoms with Crippen LogP contribution in [0.1, 0.15) is 6.92 Å². The number of ether oxygens (including phenoxy) is 1. The first-order chi connectivity index (χ1) is 13.1. The summed E-state index contributed by atoms with van der Waals surface area (Å²) in [7, 11) is 1.72. The summed E-state index contributed by atoms with van der Waals surface area (Å²) in [4.78, 5) is 21.2. The number of nitro groups is 1. The van der Waals surface area contributed by atoms with Crippen molar-refractivity contribution in [2.45, 2.75) is 6.92 Å². The van der Waals surface area contributed by atoms with Gasteiger partial charge in [-0.2, -0.15) is 0 Å². The summed E-state index contributed by atoms with van der Waals surface area (Å²) in [5, 5.41) is 14.8. The lowest BCUT2D eigenvalue weighted by atomic mass is 10.2. The van der Waals surface area contributed by atoms with Crippen LogP contribution in [0.2, 0.25) is 0 Å². The summed E-state index contributed by atoms with van der Waals surface area (Å²) in [6, 6.07) is 16.5. The number of rotatable bonds is 7. The SMILES string of the molecule is CCOc1ccccc1Nc1ncnc(N(C)c2ccccc2)c1[N+](=O)[O-]. The average Bonchev–Trinajstić information content (AvgIpc) is 2.69. The van der Waals surface area contributed by atoms with Crippen LogP contribution in [0.5, 0.6) is 5.75 Å². The number of benzene rings is 2. The Morgan fingerprint density at radius 1 is 1.11 bits per heavy atom. The van der Waals surface area contributed by atoms with Gasteiger partial charge in [-0.15, -0.1) is 0 Å². The first kappa shape index (κ1) is 18.1. The van der Waals surface area contributed by atoms with Crippen LogP contribution in [0.25, 0.3) is 0 Å². The third-order valence-electron chi connectivity index (χ3n) is 3.89. The van der Waals surface area contributed by atoms with Crippen LogP contribution >= 0.6 is 0 Å². The van der Waals surface area contributed by atoms with Gasteiger partial charge in [-0.3, -0.25) is 10.1 Å². The van der Waals surface area contributed by atoms with Gasteiger partial charge in [0.15, 0.2) is 0 Å². The summed E-state index contributed by atoms with van der Waals surface area (Å²) in [6.45, 7) is 2.35. The van der Waals surface area contributed by atoms with E-state index in [0.717, 1.165) is 5.69 Å². The molecule has 0 bridgehead atoms. The van der Waals surface area contributed by atoms with Crippen LogP contribution in [-0.4, -0.2) is 28.5 Å². The Labute approximate surface area is 156 Å². The zero-order valence-electron chi connectivity index (χ0n) is 15.0. The number of hydrogen-bond donors (Lipinski definition) is 1. The molecule has 2 aromatic carbocycles. The Morgan fingerprint density at radius 2 is 1.81 bits per heavy atom. The Hall–Kier alpha value is -3.68. The van der Waals surface area contributed by atoms with E-state index in [1.54, 1.807) is 24.1 Å². The van der Waals surface area contributed by atoms with Crippen LogP contribution in [-0.2, 0) is 0 Å². The maximum absolute atomic E-state index is 11.8. The molecule has 27 heavy (non-hydrogen) atoms. The maximum atomic E-state index is 11.8. The minimum absolute atomic E-state index is 0.0972. The molecule has 1 heterocycles. The maximum Gasteiger partial charge on any atom is 0.354 e. The second-order valence-corrected chi connectivity index (χ2v) is 5.60. The zero-order valence-corrected chi connectivity index (χ0v) is 15.0. The standard InChI is InChI=1S/C19H19N5O3/c1-3-27-16-12-8-7-11-15(16)22-18-17(24(25)26)19(21-13-20-18)23(2)14-9-5-4-6-10-14/h4-13H,3H2,1-2H3,(H,20,21,22). The van der Waals surface area contributed by atoms with Crippen molar-refractivity contribution >= 4 is 28.7 Å². The van der Waals surface area contributed by atoms with Crippen LogP contribution in [0, 0.1) is 10.1 Å². The molecule has 1 aromatic heterocycles. The van der Waals surface area contributed by atoms with Gasteiger partial charge in [0.2, 0.25) is 11.6 Å². The monoisotopic (exact) mass is 365 g/mol. The van der Waals surface area contributed by atoms with Crippen LogP contribution in [0.4, 0.5) is 28.7 Å². The molecular formula is C19H19N5O3. The summed E-state index contributed by atoms with van der Waals surface area (Å²) in [5.74, 6) is 0.878. The Bertz CT molecular complexity index is 934. The molecule has 138 valence electrons. The molecule has 0 fully saturated rings. The van der Waals surface area contributed by atoms with Gasteiger partial charge in [-0.1, -0.05) is 30.3 Å². The fourth-order valence-electron chi connectivity index (χ4n) is 2.63. The second kappa shape index (κ2) is 8.13. The number of nitrogens with one attached hydrogen (secondary N) is 1.